The van der Waals surface area contributed by atoms with E-state index in [1.54, 1.807) is 21.3 Å². The Labute approximate surface area is 193 Å². The number of rotatable bonds is 14. The fourth-order valence-electron chi connectivity index (χ4n) is 3.58. The van der Waals surface area contributed by atoms with Crippen molar-refractivity contribution in [3.63, 3.8) is 0 Å². The molecule has 0 spiro atoms. The van der Waals surface area contributed by atoms with Gasteiger partial charge in [0, 0.05) is 4.86 Å². The van der Waals surface area contributed by atoms with Crippen LogP contribution < -0.4 is 14.2 Å². The zero-order valence-electron chi connectivity index (χ0n) is 19.4. The molecule has 4 heteroatoms. The SMILES string of the molecule is CCc1cc(CC/C=C/C(=S)CCCCCc2ccc(OC)c(OC)c2)cc(OC)c1. The summed E-state index contributed by atoms with van der Waals surface area (Å²) in [5, 5.41) is 0. The molecule has 0 heterocycles. The van der Waals surface area contributed by atoms with Gasteiger partial charge in [0.2, 0.25) is 0 Å². The van der Waals surface area contributed by atoms with E-state index in [1.165, 1.54) is 23.1 Å². The van der Waals surface area contributed by atoms with E-state index in [9.17, 15) is 0 Å². The summed E-state index contributed by atoms with van der Waals surface area (Å²) < 4.78 is 16.1. The summed E-state index contributed by atoms with van der Waals surface area (Å²) in [5.74, 6) is 2.52. The Hall–Kier alpha value is -2.33. The highest BCUT2D eigenvalue weighted by atomic mass is 32.1. The van der Waals surface area contributed by atoms with Crippen LogP contribution in [0.3, 0.4) is 0 Å². The van der Waals surface area contributed by atoms with Gasteiger partial charge in [0.25, 0.3) is 0 Å². The summed E-state index contributed by atoms with van der Waals surface area (Å²) >= 11 is 5.53. The van der Waals surface area contributed by atoms with Crippen molar-refractivity contribution in [2.45, 2.75) is 58.3 Å². The topological polar surface area (TPSA) is 27.7 Å². The lowest BCUT2D eigenvalue weighted by Gasteiger charge is -2.09. The van der Waals surface area contributed by atoms with Crippen LogP contribution in [0.25, 0.3) is 0 Å². The van der Waals surface area contributed by atoms with E-state index >= 15 is 0 Å². The van der Waals surface area contributed by atoms with E-state index < -0.39 is 0 Å². The summed E-state index contributed by atoms with van der Waals surface area (Å²) in [5.41, 5.74) is 3.92. The Morgan fingerprint density at radius 1 is 0.806 bits per heavy atom. The molecule has 0 unspecified atom stereocenters. The molecule has 0 aliphatic rings. The van der Waals surface area contributed by atoms with E-state index in [1.807, 2.05) is 6.07 Å². The lowest BCUT2D eigenvalue weighted by Crippen LogP contribution is -1.94. The normalized spacial score (nSPS) is 11.0. The third kappa shape index (κ3) is 8.74. The smallest absolute Gasteiger partial charge is 0.160 e. The molecule has 0 aliphatic carbocycles. The number of benzene rings is 2. The van der Waals surface area contributed by atoms with Crippen molar-refractivity contribution in [1.29, 1.82) is 0 Å². The standard InChI is InChI=1S/C27H36O3S/c1-5-21-17-23(19-24(18-21)28-2)12-9-10-14-25(31)13-8-6-7-11-22-15-16-26(29-3)27(20-22)30-4/h10,14-20H,5-9,11-13H2,1-4H3/b14-10+. The Balaban J connectivity index is 1.65. The second-order valence-corrected chi connectivity index (χ2v) is 8.22. The Bertz CT molecular complexity index is 835. The zero-order valence-corrected chi connectivity index (χ0v) is 20.2. The lowest BCUT2D eigenvalue weighted by atomic mass is 10.0. The molecular formula is C27H36O3S. The minimum absolute atomic E-state index is 0.778. The van der Waals surface area contributed by atoms with Crippen molar-refractivity contribution < 1.29 is 14.2 Å². The first-order chi connectivity index (χ1) is 15.1. The van der Waals surface area contributed by atoms with Gasteiger partial charge in [-0.2, -0.15) is 0 Å². The first kappa shape index (κ1) is 24.9. The van der Waals surface area contributed by atoms with Crippen LogP contribution in [0.4, 0.5) is 0 Å². The predicted octanol–water partition coefficient (Wildman–Crippen LogP) is 6.94. The van der Waals surface area contributed by atoms with Crippen LogP contribution in [0.15, 0.2) is 48.6 Å². The molecule has 0 saturated carbocycles. The number of thiocarbonyl (C=S) groups is 1. The number of hydrogen-bond acceptors (Lipinski definition) is 4. The van der Waals surface area contributed by atoms with E-state index in [-0.39, 0.29) is 0 Å². The van der Waals surface area contributed by atoms with Gasteiger partial charge in [-0.05, 0) is 85.9 Å². The molecule has 0 saturated heterocycles. The van der Waals surface area contributed by atoms with E-state index in [2.05, 4.69) is 49.4 Å². The van der Waals surface area contributed by atoms with Crippen LogP contribution >= 0.6 is 12.2 Å². The summed E-state index contributed by atoms with van der Waals surface area (Å²) in [6.07, 6.45) is 12.8. The highest BCUT2D eigenvalue weighted by molar-refractivity contribution is 7.80. The second-order valence-electron chi connectivity index (χ2n) is 7.70. The summed E-state index contributed by atoms with van der Waals surface area (Å²) in [6.45, 7) is 2.17. The van der Waals surface area contributed by atoms with Crippen LogP contribution in [0.1, 0.15) is 55.7 Å². The molecule has 2 rings (SSSR count). The Kier molecular flexibility index (Phi) is 11.2. The van der Waals surface area contributed by atoms with Gasteiger partial charge in [-0.15, -0.1) is 0 Å². The van der Waals surface area contributed by atoms with Gasteiger partial charge >= 0.3 is 0 Å². The average Bonchev–Trinajstić information content (AvgIpc) is 2.81. The molecule has 0 aliphatic heterocycles. The van der Waals surface area contributed by atoms with Crippen molar-refractivity contribution in [1.82, 2.24) is 0 Å². The summed E-state index contributed by atoms with van der Waals surface area (Å²) in [6, 6.07) is 12.7. The quantitative estimate of drug-likeness (QED) is 0.181. The maximum atomic E-state index is 5.53. The van der Waals surface area contributed by atoms with Crippen molar-refractivity contribution in [3.05, 3.63) is 65.2 Å². The molecular weight excluding hydrogens is 404 g/mol. The maximum absolute atomic E-state index is 5.53. The fraction of sp³-hybridized carbons (Fsp3) is 0.444. The molecule has 0 aromatic heterocycles. The van der Waals surface area contributed by atoms with Crippen LogP contribution in [-0.4, -0.2) is 26.2 Å². The van der Waals surface area contributed by atoms with Gasteiger partial charge in [-0.3, -0.25) is 0 Å². The molecule has 168 valence electrons. The monoisotopic (exact) mass is 440 g/mol. The van der Waals surface area contributed by atoms with Crippen LogP contribution in [-0.2, 0) is 19.3 Å². The van der Waals surface area contributed by atoms with Crippen molar-refractivity contribution in [2.24, 2.45) is 0 Å². The molecule has 2 aromatic rings. The minimum Gasteiger partial charge on any atom is -0.497 e. The molecule has 0 amide bonds. The molecule has 31 heavy (non-hydrogen) atoms. The number of aryl methyl sites for hydroxylation is 3. The number of unbranched alkanes of at least 4 members (excludes halogenated alkanes) is 2. The summed E-state index contributed by atoms with van der Waals surface area (Å²) in [4.78, 5) is 1.05. The Morgan fingerprint density at radius 2 is 1.58 bits per heavy atom. The first-order valence-corrected chi connectivity index (χ1v) is 11.6. The molecule has 0 atom stereocenters. The minimum atomic E-state index is 0.778. The van der Waals surface area contributed by atoms with E-state index in [4.69, 9.17) is 26.4 Å². The predicted molar refractivity (Wildman–Crippen MR) is 134 cm³/mol. The van der Waals surface area contributed by atoms with Crippen LogP contribution in [0.5, 0.6) is 17.2 Å². The number of methoxy groups -OCH3 is 3. The van der Waals surface area contributed by atoms with Crippen molar-refractivity contribution in [3.8, 4) is 17.2 Å². The van der Waals surface area contributed by atoms with Crippen LogP contribution in [0.2, 0.25) is 0 Å². The number of hydrogen-bond donors (Lipinski definition) is 0. The van der Waals surface area contributed by atoms with Gasteiger partial charge in [0.15, 0.2) is 11.5 Å². The van der Waals surface area contributed by atoms with E-state index in [0.29, 0.717) is 0 Å². The molecule has 0 radical (unpaired) electrons. The molecule has 2 aromatic carbocycles. The molecule has 0 bridgehead atoms. The maximum Gasteiger partial charge on any atom is 0.160 e. The number of allylic oxidation sites excluding steroid dienone is 2. The largest absolute Gasteiger partial charge is 0.497 e. The third-order valence-electron chi connectivity index (χ3n) is 5.41. The molecule has 0 fully saturated rings. The Morgan fingerprint density at radius 3 is 2.29 bits per heavy atom. The summed E-state index contributed by atoms with van der Waals surface area (Å²) in [7, 11) is 5.07. The number of ether oxygens (including phenoxy) is 3. The van der Waals surface area contributed by atoms with Gasteiger partial charge < -0.3 is 14.2 Å². The van der Waals surface area contributed by atoms with Crippen molar-refractivity contribution in [2.75, 3.05) is 21.3 Å². The third-order valence-corrected chi connectivity index (χ3v) is 5.75. The first-order valence-electron chi connectivity index (χ1n) is 11.2. The molecule has 0 N–H and O–H groups in total. The van der Waals surface area contributed by atoms with Gasteiger partial charge in [0.1, 0.15) is 5.75 Å². The highest BCUT2D eigenvalue weighted by Gasteiger charge is 2.04. The highest BCUT2D eigenvalue weighted by Crippen LogP contribution is 2.28. The second kappa shape index (κ2) is 13.9. The van der Waals surface area contributed by atoms with Crippen LogP contribution in [0, 0.1) is 0 Å². The lowest BCUT2D eigenvalue weighted by molar-refractivity contribution is 0.354. The fourth-order valence-corrected chi connectivity index (χ4v) is 3.82. The van der Waals surface area contributed by atoms with Gasteiger partial charge in [-0.1, -0.05) is 49.8 Å². The van der Waals surface area contributed by atoms with Crippen molar-refractivity contribution >= 4 is 17.1 Å². The average molecular weight is 441 g/mol. The van der Waals surface area contributed by atoms with Gasteiger partial charge in [0.05, 0.1) is 21.3 Å². The molecule has 3 nitrogen and oxygen atoms in total. The zero-order chi connectivity index (χ0) is 22.5. The van der Waals surface area contributed by atoms with E-state index in [0.717, 1.165) is 67.1 Å². The van der Waals surface area contributed by atoms with Gasteiger partial charge in [-0.25, -0.2) is 0 Å².